The predicted molar refractivity (Wildman–Crippen MR) is 123 cm³/mol. The lowest BCUT2D eigenvalue weighted by molar-refractivity contribution is -0.115. The number of morpholine rings is 1. The van der Waals surface area contributed by atoms with E-state index in [4.69, 9.17) is 4.74 Å². The number of hydrogen-bond donors (Lipinski definition) is 2. The largest absolute Gasteiger partial charge is 0.379 e. The van der Waals surface area contributed by atoms with Gasteiger partial charge in [0.15, 0.2) is 0 Å². The highest BCUT2D eigenvalue weighted by molar-refractivity contribution is 5.92. The molecule has 2 aromatic carbocycles. The second-order valence-electron chi connectivity index (χ2n) is 8.33. The molecule has 1 aliphatic heterocycles. The molecule has 1 aliphatic rings. The fourth-order valence-corrected chi connectivity index (χ4v) is 3.82. The Kier molecular flexibility index (Phi) is 8.43. The maximum atomic E-state index is 12.5. The monoisotopic (exact) mass is 409 g/mol. The van der Waals surface area contributed by atoms with Gasteiger partial charge < -0.3 is 15.4 Å². The third-order valence-corrected chi connectivity index (χ3v) is 5.64. The number of nitrogens with one attached hydrogen (secondary N) is 2. The molecular formula is C25H35N3O2. The molecule has 3 rings (SSSR count). The predicted octanol–water partition coefficient (Wildman–Crippen LogP) is 4.01. The SMILES string of the molecule is CCc1ccc([C@H](NCC(=O)Nc2ccc(CN3CCOCC3)cc2)C(C)C)cc1. The van der Waals surface area contributed by atoms with Gasteiger partial charge in [-0.15, -0.1) is 0 Å². The molecule has 2 aromatic rings. The van der Waals surface area contributed by atoms with Crippen LogP contribution < -0.4 is 10.6 Å². The van der Waals surface area contributed by atoms with E-state index in [9.17, 15) is 4.79 Å². The van der Waals surface area contributed by atoms with Gasteiger partial charge in [0.2, 0.25) is 5.91 Å². The normalized spacial score (nSPS) is 15.9. The lowest BCUT2D eigenvalue weighted by atomic mass is 9.95. The molecule has 1 amide bonds. The van der Waals surface area contributed by atoms with Crippen LogP contribution >= 0.6 is 0 Å². The summed E-state index contributed by atoms with van der Waals surface area (Å²) >= 11 is 0. The van der Waals surface area contributed by atoms with Gasteiger partial charge in [-0.3, -0.25) is 9.69 Å². The van der Waals surface area contributed by atoms with Crippen LogP contribution in [0.25, 0.3) is 0 Å². The van der Waals surface area contributed by atoms with Crippen molar-refractivity contribution < 1.29 is 9.53 Å². The van der Waals surface area contributed by atoms with Crippen LogP contribution in [0.4, 0.5) is 5.69 Å². The molecule has 0 spiro atoms. The van der Waals surface area contributed by atoms with Gasteiger partial charge in [0, 0.05) is 31.4 Å². The molecule has 1 heterocycles. The quantitative estimate of drug-likeness (QED) is 0.657. The molecule has 0 aliphatic carbocycles. The molecular weight excluding hydrogens is 374 g/mol. The number of anilines is 1. The van der Waals surface area contributed by atoms with E-state index in [0.717, 1.165) is 45.0 Å². The summed E-state index contributed by atoms with van der Waals surface area (Å²) in [6.45, 7) is 11.3. The first-order valence-corrected chi connectivity index (χ1v) is 11.1. The average Bonchev–Trinajstić information content (AvgIpc) is 2.76. The Morgan fingerprint density at radius 1 is 1.00 bits per heavy atom. The summed E-state index contributed by atoms with van der Waals surface area (Å²) in [6, 6.07) is 17.0. The van der Waals surface area contributed by atoms with Crippen molar-refractivity contribution in [2.24, 2.45) is 5.92 Å². The van der Waals surface area contributed by atoms with Crippen molar-refractivity contribution in [3.05, 3.63) is 65.2 Å². The average molecular weight is 410 g/mol. The van der Waals surface area contributed by atoms with Crippen molar-refractivity contribution in [3.63, 3.8) is 0 Å². The van der Waals surface area contributed by atoms with Crippen LogP contribution in [-0.2, 0) is 22.5 Å². The Morgan fingerprint density at radius 2 is 1.63 bits per heavy atom. The Labute approximate surface area is 180 Å². The zero-order chi connectivity index (χ0) is 21.3. The molecule has 30 heavy (non-hydrogen) atoms. The molecule has 1 saturated heterocycles. The van der Waals surface area contributed by atoms with Crippen LogP contribution in [0, 0.1) is 5.92 Å². The number of amides is 1. The summed E-state index contributed by atoms with van der Waals surface area (Å²) in [6.07, 6.45) is 1.04. The number of rotatable bonds is 9. The lowest BCUT2D eigenvalue weighted by Crippen LogP contribution is -2.35. The smallest absolute Gasteiger partial charge is 0.238 e. The van der Waals surface area contributed by atoms with E-state index in [1.807, 2.05) is 12.1 Å². The molecule has 1 atom stereocenters. The standard InChI is InChI=1S/C25H35N3O2/c1-4-20-5-9-22(10-6-20)25(19(2)3)26-17-24(29)27-23-11-7-21(8-12-23)18-28-13-15-30-16-14-28/h5-12,19,25-26H,4,13-18H2,1-3H3,(H,27,29)/t25-/m1/s1. The van der Waals surface area contributed by atoms with E-state index in [0.29, 0.717) is 5.92 Å². The van der Waals surface area contributed by atoms with Crippen LogP contribution in [0.1, 0.15) is 43.5 Å². The Bertz CT molecular complexity index is 781. The molecule has 0 unspecified atom stereocenters. The van der Waals surface area contributed by atoms with Gasteiger partial charge in [0.25, 0.3) is 0 Å². The molecule has 0 saturated carbocycles. The Morgan fingerprint density at radius 3 is 2.23 bits per heavy atom. The number of nitrogens with zero attached hydrogens (tertiary/aromatic N) is 1. The van der Waals surface area contributed by atoms with Crippen LogP contribution in [-0.4, -0.2) is 43.7 Å². The van der Waals surface area contributed by atoms with Crippen molar-refractivity contribution >= 4 is 11.6 Å². The second kappa shape index (κ2) is 11.3. The number of aryl methyl sites for hydroxylation is 1. The summed E-state index contributed by atoms with van der Waals surface area (Å²) < 4.78 is 5.40. The van der Waals surface area contributed by atoms with Crippen molar-refractivity contribution in [1.29, 1.82) is 0 Å². The zero-order valence-corrected chi connectivity index (χ0v) is 18.5. The third-order valence-electron chi connectivity index (χ3n) is 5.64. The first-order valence-electron chi connectivity index (χ1n) is 11.1. The van der Waals surface area contributed by atoms with E-state index >= 15 is 0 Å². The topological polar surface area (TPSA) is 53.6 Å². The van der Waals surface area contributed by atoms with Crippen LogP contribution in [0.3, 0.4) is 0 Å². The molecule has 162 valence electrons. The summed E-state index contributed by atoms with van der Waals surface area (Å²) in [5.74, 6) is 0.372. The van der Waals surface area contributed by atoms with Gasteiger partial charge in [-0.25, -0.2) is 0 Å². The lowest BCUT2D eigenvalue weighted by Gasteiger charge is -2.26. The van der Waals surface area contributed by atoms with Gasteiger partial charge in [-0.05, 0) is 41.2 Å². The number of carbonyl (C=O) groups is 1. The fourth-order valence-electron chi connectivity index (χ4n) is 3.82. The van der Waals surface area contributed by atoms with E-state index in [1.54, 1.807) is 0 Å². The molecule has 5 nitrogen and oxygen atoms in total. The molecule has 0 radical (unpaired) electrons. The molecule has 0 bridgehead atoms. The molecule has 1 fully saturated rings. The number of carbonyl (C=O) groups excluding carboxylic acids is 1. The van der Waals surface area contributed by atoms with E-state index in [-0.39, 0.29) is 18.5 Å². The summed E-state index contributed by atoms with van der Waals surface area (Å²) in [5, 5.41) is 6.43. The highest BCUT2D eigenvalue weighted by atomic mass is 16.5. The maximum Gasteiger partial charge on any atom is 0.238 e. The van der Waals surface area contributed by atoms with Gasteiger partial charge in [0.1, 0.15) is 0 Å². The fraction of sp³-hybridized carbons (Fsp3) is 0.480. The van der Waals surface area contributed by atoms with Crippen LogP contribution in [0.5, 0.6) is 0 Å². The van der Waals surface area contributed by atoms with Gasteiger partial charge in [-0.1, -0.05) is 57.2 Å². The van der Waals surface area contributed by atoms with Gasteiger partial charge in [0.05, 0.1) is 19.8 Å². The van der Waals surface area contributed by atoms with E-state index in [1.165, 1.54) is 16.7 Å². The minimum Gasteiger partial charge on any atom is -0.379 e. The molecule has 0 aromatic heterocycles. The Balaban J connectivity index is 1.49. The van der Waals surface area contributed by atoms with E-state index < -0.39 is 0 Å². The highest BCUT2D eigenvalue weighted by Gasteiger charge is 2.17. The van der Waals surface area contributed by atoms with Crippen LogP contribution in [0.15, 0.2) is 48.5 Å². The summed E-state index contributed by atoms with van der Waals surface area (Å²) in [4.78, 5) is 14.9. The molecule has 5 heteroatoms. The van der Waals surface area contributed by atoms with E-state index in [2.05, 4.69) is 72.7 Å². The first-order chi connectivity index (χ1) is 14.5. The second-order valence-corrected chi connectivity index (χ2v) is 8.33. The van der Waals surface area contributed by atoms with Crippen LogP contribution in [0.2, 0.25) is 0 Å². The zero-order valence-electron chi connectivity index (χ0n) is 18.5. The number of hydrogen-bond acceptors (Lipinski definition) is 4. The number of benzene rings is 2. The van der Waals surface area contributed by atoms with Gasteiger partial charge in [-0.2, -0.15) is 0 Å². The number of ether oxygens (including phenoxy) is 1. The van der Waals surface area contributed by atoms with Gasteiger partial charge >= 0.3 is 0 Å². The minimum atomic E-state index is -0.0215. The third kappa shape index (κ3) is 6.66. The summed E-state index contributed by atoms with van der Waals surface area (Å²) in [5.41, 5.74) is 4.64. The maximum absolute atomic E-state index is 12.5. The van der Waals surface area contributed by atoms with Crippen molar-refractivity contribution in [2.45, 2.75) is 39.8 Å². The highest BCUT2D eigenvalue weighted by Crippen LogP contribution is 2.22. The molecule has 2 N–H and O–H groups in total. The van der Waals surface area contributed by atoms with Crippen molar-refractivity contribution in [1.82, 2.24) is 10.2 Å². The van der Waals surface area contributed by atoms with Crippen molar-refractivity contribution in [2.75, 3.05) is 38.2 Å². The first kappa shape index (κ1) is 22.5. The van der Waals surface area contributed by atoms with Crippen molar-refractivity contribution in [3.8, 4) is 0 Å². The summed E-state index contributed by atoms with van der Waals surface area (Å²) in [7, 11) is 0. The minimum absolute atomic E-state index is 0.0215. The Hall–Kier alpha value is -2.21.